The van der Waals surface area contributed by atoms with Crippen molar-refractivity contribution < 1.29 is 0 Å². The maximum absolute atomic E-state index is 2.52. The first-order valence-corrected chi connectivity index (χ1v) is 20.7. The molecule has 0 radical (unpaired) electrons. The molecule has 282 valence electrons. The Morgan fingerprint density at radius 2 is 0.915 bits per heavy atom. The van der Waals surface area contributed by atoms with Gasteiger partial charge in [0.15, 0.2) is 0 Å². The first-order valence-electron chi connectivity index (χ1n) is 20.7. The lowest BCUT2D eigenvalue weighted by Gasteiger charge is -2.28. The number of rotatable bonds is 6. The highest BCUT2D eigenvalue weighted by Gasteiger charge is 2.38. The molecule has 9 aromatic carbocycles. The highest BCUT2D eigenvalue weighted by atomic mass is 15.1. The average Bonchev–Trinajstić information content (AvgIpc) is 3.71. The molecule has 2 nitrogen and oxygen atoms in total. The second kappa shape index (κ2) is 13.5. The zero-order valence-electron chi connectivity index (χ0n) is 33.9. The van der Waals surface area contributed by atoms with E-state index in [0.29, 0.717) is 0 Å². The molecule has 1 aromatic heterocycles. The number of fused-ring (bicyclic) bond motifs is 8. The molecule has 0 bridgehead atoms. The number of nitrogens with zero attached hydrogens (tertiary/aromatic N) is 2. The quantitative estimate of drug-likeness (QED) is 0.164. The standard InChI is InChI=1S/C57H44N2/c1-37-19-25-43(26-20-37)58(44-27-22-41(23-28-44)39-13-7-5-8-14-39)45-29-30-48-51(35-45)57(3,4)52-36-55(46-17-11-12-18-47(46)56(48)52)59-53-31-21-38(2)33-49(53)50-34-42(24-32-54(50)59)40-15-9-6-10-16-40/h5-36H,1-4H3. The van der Waals surface area contributed by atoms with E-state index < -0.39 is 0 Å². The number of aryl methyl sites for hydroxylation is 2. The van der Waals surface area contributed by atoms with Gasteiger partial charge in [-0.2, -0.15) is 0 Å². The topological polar surface area (TPSA) is 8.17 Å². The normalized spacial score (nSPS) is 12.9. The summed E-state index contributed by atoms with van der Waals surface area (Å²) in [7, 11) is 0. The zero-order valence-corrected chi connectivity index (χ0v) is 33.9. The van der Waals surface area contributed by atoms with Gasteiger partial charge in [0.2, 0.25) is 0 Å². The fraction of sp³-hybridized carbons (Fsp3) is 0.0877. The third-order valence-corrected chi connectivity index (χ3v) is 12.7. The van der Waals surface area contributed by atoms with Crippen molar-refractivity contribution in [2.24, 2.45) is 0 Å². The predicted octanol–water partition coefficient (Wildman–Crippen LogP) is 15.7. The van der Waals surface area contributed by atoms with Crippen molar-refractivity contribution in [3.05, 3.63) is 216 Å². The Labute approximate surface area is 346 Å². The van der Waals surface area contributed by atoms with E-state index >= 15 is 0 Å². The van der Waals surface area contributed by atoms with Gasteiger partial charge in [0.25, 0.3) is 0 Å². The van der Waals surface area contributed by atoms with E-state index in [9.17, 15) is 0 Å². The second-order valence-corrected chi connectivity index (χ2v) is 16.8. The van der Waals surface area contributed by atoms with E-state index in [1.54, 1.807) is 0 Å². The van der Waals surface area contributed by atoms with Gasteiger partial charge in [-0.05, 0) is 130 Å². The molecular weight excluding hydrogens is 713 g/mol. The van der Waals surface area contributed by atoms with Gasteiger partial charge in [0.05, 0.1) is 16.7 Å². The van der Waals surface area contributed by atoms with Crippen LogP contribution in [0.5, 0.6) is 0 Å². The molecule has 59 heavy (non-hydrogen) atoms. The largest absolute Gasteiger partial charge is 0.310 e. The molecule has 1 aliphatic rings. The van der Waals surface area contributed by atoms with Crippen LogP contribution in [0.25, 0.3) is 71.6 Å². The molecular formula is C57H44N2. The third-order valence-electron chi connectivity index (χ3n) is 12.7. The van der Waals surface area contributed by atoms with E-state index in [4.69, 9.17) is 0 Å². The number of aromatic nitrogens is 1. The molecule has 0 saturated heterocycles. The van der Waals surface area contributed by atoms with Gasteiger partial charge in [-0.25, -0.2) is 0 Å². The molecule has 1 heterocycles. The van der Waals surface area contributed by atoms with Crippen LogP contribution in [0.4, 0.5) is 17.1 Å². The van der Waals surface area contributed by atoms with Crippen LogP contribution in [0.1, 0.15) is 36.1 Å². The summed E-state index contributed by atoms with van der Waals surface area (Å²) in [6.45, 7) is 9.17. The number of hydrogen-bond acceptors (Lipinski definition) is 1. The van der Waals surface area contributed by atoms with Crippen LogP contribution in [-0.2, 0) is 5.41 Å². The maximum atomic E-state index is 2.52. The van der Waals surface area contributed by atoms with Gasteiger partial charge in [-0.3, -0.25) is 0 Å². The van der Waals surface area contributed by atoms with Crippen molar-refractivity contribution in [1.29, 1.82) is 0 Å². The Morgan fingerprint density at radius 1 is 0.390 bits per heavy atom. The highest BCUT2D eigenvalue weighted by Crippen LogP contribution is 2.54. The second-order valence-electron chi connectivity index (χ2n) is 16.8. The van der Waals surface area contributed by atoms with E-state index in [1.807, 2.05) is 0 Å². The SMILES string of the molecule is Cc1ccc(N(c2ccc(-c3ccccc3)cc2)c2ccc3c(c2)C(C)(C)c2cc(-n4c5ccc(C)cc5c5cc(-c6ccccc6)ccc54)c4ccccc4c2-3)cc1. The summed E-state index contributed by atoms with van der Waals surface area (Å²) in [4.78, 5) is 2.40. The van der Waals surface area contributed by atoms with Gasteiger partial charge in [0, 0.05) is 38.6 Å². The maximum Gasteiger partial charge on any atom is 0.0544 e. The van der Waals surface area contributed by atoms with Crippen LogP contribution >= 0.6 is 0 Å². The molecule has 0 atom stereocenters. The summed E-state index contributed by atoms with van der Waals surface area (Å²) < 4.78 is 2.52. The van der Waals surface area contributed by atoms with Gasteiger partial charge < -0.3 is 9.47 Å². The first-order chi connectivity index (χ1) is 28.8. The zero-order chi connectivity index (χ0) is 39.8. The molecule has 11 rings (SSSR count). The van der Waals surface area contributed by atoms with Crippen molar-refractivity contribution >= 4 is 49.6 Å². The Bertz CT molecular complexity index is 3220. The minimum absolute atomic E-state index is 0.259. The molecule has 0 N–H and O–H groups in total. The van der Waals surface area contributed by atoms with Gasteiger partial charge in [0.1, 0.15) is 0 Å². The molecule has 0 spiro atoms. The summed E-state index contributed by atoms with van der Waals surface area (Å²) in [5.74, 6) is 0. The van der Waals surface area contributed by atoms with Crippen LogP contribution < -0.4 is 4.90 Å². The van der Waals surface area contributed by atoms with E-state index in [1.165, 1.54) is 93.9 Å². The van der Waals surface area contributed by atoms with Crippen molar-refractivity contribution in [2.45, 2.75) is 33.1 Å². The van der Waals surface area contributed by atoms with Crippen molar-refractivity contribution in [1.82, 2.24) is 4.57 Å². The van der Waals surface area contributed by atoms with Crippen LogP contribution in [0, 0.1) is 13.8 Å². The Balaban J connectivity index is 1.09. The lowest BCUT2D eigenvalue weighted by molar-refractivity contribution is 0.660. The minimum atomic E-state index is -0.259. The van der Waals surface area contributed by atoms with E-state index in [2.05, 4.69) is 231 Å². The monoisotopic (exact) mass is 756 g/mol. The Morgan fingerprint density at radius 3 is 1.61 bits per heavy atom. The minimum Gasteiger partial charge on any atom is -0.310 e. The molecule has 2 heteroatoms. The van der Waals surface area contributed by atoms with E-state index in [-0.39, 0.29) is 5.41 Å². The lowest BCUT2D eigenvalue weighted by atomic mass is 9.81. The molecule has 1 aliphatic carbocycles. The van der Waals surface area contributed by atoms with Gasteiger partial charge >= 0.3 is 0 Å². The van der Waals surface area contributed by atoms with Crippen LogP contribution in [-0.4, -0.2) is 4.57 Å². The fourth-order valence-corrected chi connectivity index (χ4v) is 9.66. The number of hydrogen-bond donors (Lipinski definition) is 0. The number of benzene rings is 9. The molecule has 0 fully saturated rings. The van der Waals surface area contributed by atoms with Crippen molar-refractivity contribution in [3.8, 4) is 39.1 Å². The van der Waals surface area contributed by atoms with Crippen LogP contribution in [0.15, 0.2) is 194 Å². The van der Waals surface area contributed by atoms with Crippen LogP contribution in [0.3, 0.4) is 0 Å². The number of anilines is 3. The van der Waals surface area contributed by atoms with E-state index in [0.717, 1.165) is 17.1 Å². The Hall–Kier alpha value is -7.16. The predicted molar refractivity (Wildman–Crippen MR) is 251 cm³/mol. The van der Waals surface area contributed by atoms with Gasteiger partial charge in [-0.1, -0.05) is 152 Å². The summed E-state index contributed by atoms with van der Waals surface area (Å²) in [6, 6.07) is 71.8. The highest BCUT2D eigenvalue weighted by molar-refractivity contribution is 6.13. The fourth-order valence-electron chi connectivity index (χ4n) is 9.66. The average molecular weight is 757 g/mol. The first kappa shape index (κ1) is 35.0. The molecule has 0 aliphatic heterocycles. The third kappa shape index (κ3) is 5.62. The molecule has 0 saturated carbocycles. The summed E-state index contributed by atoms with van der Waals surface area (Å²) in [6.07, 6.45) is 0. The summed E-state index contributed by atoms with van der Waals surface area (Å²) in [5, 5.41) is 5.09. The lowest BCUT2D eigenvalue weighted by Crippen LogP contribution is -2.17. The smallest absolute Gasteiger partial charge is 0.0544 e. The van der Waals surface area contributed by atoms with Crippen molar-refractivity contribution in [2.75, 3.05) is 4.90 Å². The molecule has 0 unspecified atom stereocenters. The summed E-state index contributed by atoms with van der Waals surface area (Å²) in [5.41, 5.74) is 19.6. The summed E-state index contributed by atoms with van der Waals surface area (Å²) >= 11 is 0. The van der Waals surface area contributed by atoms with Gasteiger partial charge in [-0.15, -0.1) is 0 Å². The Kier molecular flexibility index (Phi) is 8.00. The van der Waals surface area contributed by atoms with Crippen molar-refractivity contribution in [3.63, 3.8) is 0 Å². The molecule has 0 amide bonds. The molecule has 10 aromatic rings. The van der Waals surface area contributed by atoms with Crippen LogP contribution in [0.2, 0.25) is 0 Å².